The summed E-state index contributed by atoms with van der Waals surface area (Å²) >= 11 is 0. The number of nitrogens with zero attached hydrogens (tertiary/aromatic N) is 6. The first-order valence-corrected chi connectivity index (χ1v) is 11.9. The van der Waals surface area contributed by atoms with Crippen LogP contribution in [0.2, 0.25) is 0 Å². The summed E-state index contributed by atoms with van der Waals surface area (Å²) in [6.07, 6.45) is 5.55. The van der Waals surface area contributed by atoms with Crippen molar-refractivity contribution in [1.29, 1.82) is 0 Å². The average molecular weight is 511 g/mol. The Kier molecular flexibility index (Phi) is 9.12. The maximum absolute atomic E-state index is 5.56. The molecular weight excluding hydrogens is 476 g/mol. The zero-order valence-electron chi connectivity index (χ0n) is 21.8. The number of halogens is 1. The molecule has 0 bridgehead atoms. The molecule has 2 heterocycles. The largest absolute Gasteiger partial charge is 0.497 e. The molecule has 0 aliphatic rings. The van der Waals surface area contributed by atoms with E-state index in [0.717, 1.165) is 64.8 Å². The Morgan fingerprint density at radius 2 is 1.64 bits per heavy atom. The second kappa shape index (κ2) is 12.1. The van der Waals surface area contributed by atoms with Gasteiger partial charge in [-0.15, -0.1) is 12.4 Å². The van der Waals surface area contributed by atoms with Crippen LogP contribution in [0.4, 0.5) is 11.4 Å². The molecule has 0 aliphatic heterocycles. The molecule has 0 saturated heterocycles. The fourth-order valence-corrected chi connectivity index (χ4v) is 4.23. The number of aromatic nitrogens is 4. The lowest BCUT2D eigenvalue weighted by atomic mass is 10.2. The zero-order chi connectivity index (χ0) is 24.9. The first-order valence-electron chi connectivity index (χ1n) is 11.9. The molecule has 192 valence electrons. The van der Waals surface area contributed by atoms with Crippen molar-refractivity contribution < 1.29 is 9.47 Å². The number of hydrogen-bond acceptors (Lipinski definition) is 7. The van der Waals surface area contributed by atoms with Crippen molar-refractivity contribution in [2.24, 2.45) is 7.05 Å². The summed E-state index contributed by atoms with van der Waals surface area (Å²) in [7, 11) is 5.24. The minimum absolute atomic E-state index is 0. The lowest BCUT2D eigenvalue weighted by molar-refractivity contribution is 0.240. The van der Waals surface area contributed by atoms with Gasteiger partial charge in [0.1, 0.15) is 11.5 Å². The van der Waals surface area contributed by atoms with Gasteiger partial charge in [-0.3, -0.25) is 14.6 Å². The zero-order valence-corrected chi connectivity index (χ0v) is 22.6. The Hall–Kier alpha value is -3.36. The van der Waals surface area contributed by atoms with Crippen molar-refractivity contribution in [3.05, 3.63) is 55.0 Å². The predicted molar refractivity (Wildman–Crippen MR) is 148 cm³/mol. The van der Waals surface area contributed by atoms with Crippen molar-refractivity contribution in [3.8, 4) is 22.8 Å². The van der Waals surface area contributed by atoms with Crippen LogP contribution in [0.3, 0.4) is 0 Å². The fraction of sp³-hybridized carbons (Fsp3) is 0.370. The van der Waals surface area contributed by atoms with Crippen LogP contribution in [0.5, 0.6) is 11.5 Å². The lowest BCUT2D eigenvalue weighted by Crippen LogP contribution is -2.37. The smallest absolute Gasteiger partial charge is 0.124 e. The first-order chi connectivity index (χ1) is 16.9. The maximum atomic E-state index is 5.56. The van der Waals surface area contributed by atoms with Crippen LogP contribution in [0.25, 0.3) is 22.3 Å². The molecule has 0 aliphatic carbocycles. The summed E-state index contributed by atoms with van der Waals surface area (Å²) < 4.78 is 12.9. The summed E-state index contributed by atoms with van der Waals surface area (Å²) in [5.41, 5.74) is 5.45. The van der Waals surface area contributed by atoms with Gasteiger partial charge in [0.25, 0.3) is 0 Å². The summed E-state index contributed by atoms with van der Waals surface area (Å²) in [5, 5.41) is 4.27. The van der Waals surface area contributed by atoms with E-state index in [1.807, 2.05) is 37.5 Å². The molecule has 0 spiro atoms. The number of hydrogen-bond donors (Lipinski definition) is 0. The number of likely N-dealkylation sites (N-methyl/N-ethyl adjacent to an activating group) is 1. The Morgan fingerprint density at radius 1 is 0.917 bits per heavy atom. The van der Waals surface area contributed by atoms with Crippen LogP contribution in [0, 0.1) is 0 Å². The molecule has 9 heteroatoms. The minimum Gasteiger partial charge on any atom is -0.497 e. The highest BCUT2D eigenvalue weighted by Crippen LogP contribution is 2.34. The van der Waals surface area contributed by atoms with Crippen LogP contribution >= 0.6 is 12.4 Å². The summed E-state index contributed by atoms with van der Waals surface area (Å²) in [5.74, 6) is 1.50. The standard InChI is InChI=1S/C27H34N6O2.ClH/c1-7-32(19(2)3)10-11-33(22-12-23(34-5)15-24(13-22)35-6)21-8-9-25-26(14-21)30-27(17-28-25)20-16-29-31(4)18-20;/h8-9,12-19H,7,10-11H2,1-6H3;1H. The average Bonchev–Trinajstić information content (AvgIpc) is 3.31. The van der Waals surface area contributed by atoms with Gasteiger partial charge >= 0.3 is 0 Å². The van der Waals surface area contributed by atoms with E-state index in [9.17, 15) is 0 Å². The number of aryl methyl sites for hydroxylation is 1. The van der Waals surface area contributed by atoms with Crippen molar-refractivity contribution >= 4 is 34.8 Å². The second-order valence-corrected chi connectivity index (χ2v) is 8.78. The first kappa shape index (κ1) is 27.2. The fourth-order valence-electron chi connectivity index (χ4n) is 4.23. The molecule has 4 rings (SSSR count). The Labute approximate surface area is 219 Å². The van der Waals surface area contributed by atoms with Gasteiger partial charge in [-0.1, -0.05) is 6.92 Å². The molecule has 0 saturated carbocycles. The molecule has 2 aromatic carbocycles. The second-order valence-electron chi connectivity index (χ2n) is 8.78. The molecule has 0 atom stereocenters. The molecule has 0 radical (unpaired) electrons. The van der Waals surface area contributed by atoms with E-state index in [4.69, 9.17) is 14.5 Å². The number of rotatable bonds is 10. The molecule has 36 heavy (non-hydrogen) atoms. The van der Waals surface area contributed by atoms with Crippen LogP contribution < -0.4 is 14.4 Å². The van der Waals surface area contributed by atoms with Crippen molar-refractivity contribution in [2.75, 3.05) is 38.8 Å². The molecule has 0 unspecified atom stereocenters. The number of ether oxygens (including phenoxy) is 2. The summed E-state index contributed by atoms with van der Waals surface area (Å²) in [6, 6.07) is 12.6. The van der Waals surface area contributed by atoms with Crippen LogP contribution in [0.15, 0.2) is 55.0 Å². The molecule has 4 aromatic rings. The van der Waals surface area contributed by atoms with Crippen LogP contribution in [-0.4, -0.2) is 64.5 Å². The molecule has 0 fully saturated rings. The van der Waals surface area contributed by atoms with Crippen LogP contribution in [-0.2, 0) is 7.05 Å². The SMILES string of the molecule is CCN(CCN(c1cc(OC)cc(OC)c1)c1ccc2ncc(-c3cnn(C)c3)nc2c1)C(C)C.Cl. The van der Waals surface area contributed by atoms with Crippen molar-refractivity contribution in [1.82, 2.24) is 24.6 Å². The molecule has 0 N–H and O–H groups in total. The highest BCUT2D eigenvalue weighted by atomic mass is 35.5. The quantitative estimate of drug-likeness (QED) is 0.285. The number of anilines is 2. The van der Waals surface area contributed by atoms with Gasteiger partial charge in [-0.05, 0) is 38.6 Å². The summed E-state index contributed by atoms with van der Waals surface area (Å²) in [6.45, 7) is 9.35. The highest BCUT2D eigenvalue weighted by molar-refractivity contribution is 5.85. The number of fused-ring (bicyclic) bond motifs is 1. The van der Waals surface area contributed by atoms with Gasteiger partial charge in [0.2, 0.25) is 0 Å². The lowest BCUT2D eigenvalue weighted by Gasteiger charge is -2.31. The Balaban J connectivity index is 0.00000361. The molecule has 0 amide bonds. The third kappa shape index (κ3) is 6.06. The van der Waals surface area contributed by atoms with Gasteiger partial charge in [0.15, 0.2) is 0 Å². The Morgan fingerprint density at radius 3 is 2.22 bits per heavy atom. The van der Waals surface area contributed by atoms with Crippen LogP contribution in [0.1, 0.15) is 20.8 Å². The summed E-state index contributed by atoms with van der Waals surface area (Å²) in [4.78, 5) is 14.3. The van der Waals surface area contributed by atoms with E-state index < -0.39 is 0 Å². The molecule has 8 nitrogen and oxygen atoms in total. The van der Waals surface area contributed by atoms with Gasteiger partial charge in [0, 0.05) is 67.5 Å². The molecule has 2 aromatic heterocycles. The van der Waals surface area contributed by atoms with Gasteiger partial charge in [-0.25, -0.2) is 4.98 Å². The van der Waals surface area contributed by atoms with Gasteiger partial charge in [-0.2, -0.15) is 5.10 Å². The molecular formula is C27H35ClN6O2. The van der Waals surface area contributed by atoms with E-state index >= 15 is 0 Å². The van der Waals surface area contributed by atoms with Crippen molar-refractivity contribution in [3.63, 3.8) is 0 Å². The number of benzene rings is 2. The van der Waals surface area contributed by atoms with E-state index in [1.165, 1.54) is 0 Å². The van der Waals surface area contributed by atoms with E-state index in [1.54, 1.807) is 31.3 Å². The maximum Gasteiger partial charge on any atom is 0.124 e. The number of methoxy groups -OCH3 is 2. The van der Waals surface area contributed by atoms with E-state index in [-0.39, 0.29) is 12.4 Å². The van der Waals surface area contributed by atoms with E-state index in [2.05, 4.69) is 52.8 Å². The highest BCUT2D eigenvalue weighted by Gasteiger charge is 2.17. The van der Waals surface area contributed by atoms with E-state index in [0.29, 0.717) is 6.04 Å². The Bertz CT molecular complexity index is 1270. The van der Waals surface area contributed by atoms with Gasteiger partial charge < -0.3 is 14.4 Å². The minimum atomic E-state index is 0. The monoisotopic (exact) mass is 510 g/mol. The topological polar surface area (TPSA) is 68.5 Å². The normalized spacial score (nSPS) is 11.1. The third-order valence-electron chi connectivity index (χ3n) is 6.23. The van der Waals surface area contributed by atoms with Gasteiger partial charge in [0.05, 0.1) is 43.3 Å². The third-order valence-corrected chi connectivity index (χ3v) is 6.23. The predicted octanol–water partition coefficient (Wildman–Crippen LogP) is 5.34. The van der Waals surface area contributed by atoms with Crippen molar-refractivity contribution in [2.45, 2.75) is 26.8 Å².